The van der Waals surface area contributed by atoms with Crippen molar-refractivity contribution in [1.82, 2.24) is 18.8 Å². The fraction of sp³-hybridized carbons (Fsp3) is 0.505. The summed E-state index contributed by atoms with van der Waals surface area (Å²) in [5.74, 6) is 15.0. The van der Waals surface area contributed by atoms with Crippen molar-refractivity contribution in [2.75, 3.05) is 0 Å². The molecule has 0 aliphatic heterocycles. The molecule has 574 valence electrons. The number of pyridine rings is 2. The van der Waals surface area contributed by atoms with Gasteiger partial charge in [0, 0.05) is 55.8 Å². The molecule has 0 aliphatic rings. The highest BCUT2D eigenvalue weighted by atomic mass is 16.6. The number of nitrogens with zero attached hydrogens (tertiary/aromatic N) is 5. The lowest BCUT2D eigenvalue weighted by molar-refractivity contribution is -0.385. The number of nitro groups is 1. The second-order valence-electron chi connectivity index (χ2n) is 33.5. The second-order valence-corrected chi connectivity index (χ2v) is 33.5. The Bertz CT molecular complexity index is 5620. The van der Waals surface area contributed by atoms with E-state index in [1.807, 2.05) is 16.5 Å². The minimum atomic E-state index is -0.343. The van der Waals surface area contributed by atoms with Crippen LogP contribution in [0.1, 0.15) is 327 Å². The van der Waals surface area contributed by atoms with E-state index in [1.54, 1.807) is 10.5 Å². The van der Waals surface area contributed by atoms with Gasteiger partial charge >= 0.3 is 0 Å². The third-order valence-corrected chi connectivity index (χ3v) is 25.4. The number of benzene rings is 10. The average Bonchev–Trinajstić information content (AvgIpc) is 0.975. The smallest absolute Gasteiger partial charge is 0.268 e. The molecule has 110 heavy (non-hydrogen) atoms. The molecule has 0 spiro atoms. The molecule has 0 radical (unpaired) electrons. The quantitative estimate of drug-likeness (QED) is 0.00938. The van der Waals surface area contributed by atoms with Crippen LogP contribution in [0.2, 0.25) is 0 Å². The summed E-state index contributed by atoms with van der Waals surface area (Å²) in [4.78, 5) is 53.9. The molecule has 14 rings (SSSR count). The molecule has 0 aliphatic carbocycles. The number of fused-ring (bicyclic) bond motifs is 12. The summed E-state index contributed by atoms with van der Waals surface area (Å²) >= 11 is 0. The molecule has 0 fully saturated rings. The van der Waals surface area contributed by atoms with Gasteiger partial charge in [-0.3, -0.25) is 28.5 Å². The van der Waals surface area contributed by atoms with Crippen molar-refractivity contribution < 1.29 is 4.92 Å². The zero-order chi connectivity index (χ0) is 75.9. The first kappa shape index (κ1) is 78.0. The first-order valence-corrected chi connectivity index (χ1v) is 44.3. The van der Waals surface area contributed by atoms with E-state index in [0.29, 0.717) is 44.6 Å². The van der Waals surface area contributed by atoms with E-state index in [4.69, 9.17) is 9.97 Å². The summed E-state index contributed by atoms with van der Waals surface area (Å²) in [5, 5.41) is 31.1. The zero-order valence-corrected chi connectivity index (χ0v) is 67.4. The van der Waals surface area contributed by atoms with Gasteiger partial charge in [-0.25, -0.2) is 9.97 Å². The maximum absolute atomic E-state index is 15.3. The number of nitro benzene ring substituents is 1. The van der Waals surface area contributed by atoms with Crippen LogP contribution in [0.5, 0.6) is 0 Å². The van der Waals surface area contributed by atoms with Gasteiger partial charge in [0.25, 0.3) is 16.8 Å². The van der Waals surface area contributed by atoms with Gasteiger partial charge in [-0.05, 0) is 145 Å². The normalized spacial score (nSPS) is 12.4. The Kier molecular flexibility index (Phi) is 26.7. The van der Waals surface area contributed by atoms with E-state index in [-0.39, 0.29) is 27.6 Å². The van der Waals surface area contributed by atoms with Crippen LogP contribution in [0.25, 0.3) is 130 Å². The molecule has 9 heteroatoms. The number of hydrogen-bond donors (Lipinski definition) is 0. The zero-order valence-electron chi connectivity index (χ0n) is 67.4. The molecule has 4 aromatic heterocycles. The van der Waals surface area contributed by atoms with E-state index < -0.39 is 0 Å². The third kappa shape index (κ3) is 16.8. The van der Waals surface area contributed by atoms with Gasteiger partial charge < -0.3 is 0 Å². The minimum Gasteiger partial charge on any atom is -0.268 e. The Morgan fingerprint density at radius 3 is 0.873 bits per heavy atom. The summed E-state index contributed by atoms with van der Waals surface area (Å²) in [5.41, 5.74) is 5.72. The largest absolute Gasteiger partial charge is 0.287 e. The van der Waals surface area contributed by atoms with Gasteiger partial charge in [0.15, 0.2) is 0 Å². The summed E-state index contributed by atoms with van der Waals surface area (Å²) in [6.45, 7) is 11.3. The maximum Gasteiger partial charge on any atom is 0.287 e. The van der Waals surface area contributed by atoms with Gasteiger partial charge in [0.1, 0.15) is 16.9 Å². The molecule has 0 saturated carbocycles. The van der Waals surface area contributed by atoms with Gasteiger partial charge in [-0.15, -0.1) is 0 Å². The lowest BCUT2D eigenvalue weighted by atomic mass is 9.82. The van der Waals surface area contributed by atoms with Crippen LogP contribution < -0.4 is 11.1 Å². The summed E-state index contributed by atoms with van der Waals surface area (Å²) in [6, 6.07) is 33.6. The van der Waals surface area contributed by atoms with E-state index in [1.165, 1.54) is 255 Å². The fourth-order valence-corrected chi connectivity index (χ4v) is 19.2. The average molecular weight is 1470 g/mol. The summed E-state index contributed by atoms with van der Waals surface area (Å²) in [7, 11) is 0. The minimum absolute atomic E-state index is 0.0600. The van der Waals surface area contributed by atoms with Crippen LogP contribution in [0.3, 0.4) is 0 Å². The summed E-state index contributed by atoms with van der Waals surface area (Å²) in [6.07, 6.45) is 56.6. The van der Waals surface area contributed by atoms with E-state index in [0.717, 1.165) is 141 Å². The SMILES string of the molecule is CCCCCCCCCCCCC(C#Cc1cc2nc3c4ccc5c6ccc7c8ccc9c(=O)n%10c%11cc([N+](=O)[O-])c(C#CC(CCCCCCCCCCCC)CCCCCCCCCCCC)cc%11nc%10c%10ccc(c%11ccc(c%12ccc(c(=O)n3c2cc1C)c4c5%12)c6c7%11)c8c9%10)CCCCCCCCCCCC. The third-order valence-electron chi connectivity index (χ3n) is 25.4. The van der Waals surface area contributed by atoms with Crippen molar-refractivity contribution in [1.29, 1.82) is 0 Å². The monoisotopic (exact) mass is 1470 g/mol. The molecule has 0 unspecified atom stereocenters. The molecular formula is C101H121N5O4. The standard InChI is InChI=1S/C101H121N5O4/c1-6-10-14-18-22-26-30-34-38-42-46-71(47-43-39-35-31-27-23-19-15-11-7-2)50-52-73-67-87-90(66-70(73)5)104-98(102-87)83-62-58-79-75-54-57-78-82-61-65-86-97-84(63-59-80(95(82)97)76-55-56-77(92(75)93(76)78)81-60-64-85(100(104)107)96(83)94(79)81)99-103-88-68-74(89(106(109)110)69-91(88)105(99)101(86)108)53-51-72(48-44-40-36-32-28-24-20-16-12-8-3)49-45-41-37-33-29-25-21-17-13-9-4/h54-69,71-72H,6-49H2,1-5H3. The molecular weight excluding hydrogens is 1350 g/mol. The molecule has 0 saturated heterocycles. The van der Waals surface area contributed by atoms with E-state index in [2.05, 4.69) is 131 Å². The number of aryl methyl sites for hydroxylation is 1. The highest BCUT2D eigenvalue weighted by Gasteiger charge is 2.27. The van der Waals surface area contributed by atoms with Crippen LogP contribution in [-0.4, -0.2) is 23.7 Å². The Labute approximate surface area is 653 Å². The van der Waals surface area contributed by atoms with Crippen molar-refractivity contribution in [3.05, 3.63) is 145 Å². The van der Waals surface area contributed by atoms with E-state index in [9.17, 15) is 10.1 Å². The lowest BCUT2D eigenvalue weighted by Gasteiger charge is -2.21. The lowest BCUT2D eigenvalue weighted by Crippen LogP contribution is -2.13. The number of imidazole rings is 2. The predicted octanol–water partition coefficient (Wildman–Crippen LogP) is 29.5. The second kappa shape index (κ2) is 37.6. The van der Waals surface area contributed by atoms with Crippen molar-refractivity contribution in [2.45, 2.75) is 317 Å². The molecule has 4 heterocycles. The molecule has 0 N–H and O–H groups in total. The van der Waals surface area contributed by atoms with Crippen molar-refractivity contribution in [3.63, 3.8) is 0 Å². The van der Waals surface area contributed by atoms with Crippen molar-refractivity contribution in [2.24, 2.45) is 11.8 Å². The number of rotatable bonds is 45. The molecule has 0 amide bonds. The Hall–Kier alpha value is -8.66. The first-order chi connectivity index (χ1) is 54.1. The topological polar surface area (TPSA) is 112 Å². The van der Waals surface area contributed by atoms with Crippen LogP contribution in [0, 0.1) is 52.6 Å². The van der Waals surface area contributed by atoms with Gasteiger partial charge in [0.05, 0.1) is 27.0 Å². The van der Waals surface area contributed by atoms with E-state index >= 15 is 9.59 Å². The van der Waals surface area contributed by atoms with Gasteiger partial charge in [-0.1, -0.05) is 357 Å². The maximum atomic E-state index is 15.3. The van der Waals surface area contributed by atoms with Crippen molar-refractivity contribution in [3.8, 4) is 23.7 Å². The molecule has 10 aromatic carbocycles. The van der Waals surface area contributed by atoms with Crippen molar-refractivity contribution >= 4 is 136 Å². The molecule has 14 aromatic rings. The number of aromatic nitrogens is 4. The number of unbranched alkanes of at least 4 members (excludes halogenated alkanes) is 36. The van der Waals surface area contributed by atoms with Gasteiger partial charge in [-0.2, -0.15) is 0 Å². The number of hydrogen-bond acceptors (Lipinski definition) is 6. The Morgan fingerprint density at radius 1 is 0.327 bits per heavy atom. The molecule has 0 bridgehead atoms. The Balaban J connectivity index is 0.761. The van der Waals surface area contributed by atoms with Crippen LogP contribution in [-0.2, 0) is 0 Å². The first-order valence-electron chi connectivity index (χ1n) is 44.3. The fourth-order valence-electron chi connectivity index (χ4n) is 19.2. The highest BCUT2D eigenvalue weighted by molar-refractivity contribution is 6.45. The predicted molar refractivity (Wildman–Crippen MR) is 472 cm³/mol. The summed E-state index contributed by atoms with van der Waals surface area (Å²) < 4.78 is 3.45. The molecule has 0 atom stereocenters. The Morgan fingerprint density at radius 2 is 0.573 bits per heavy atom. The highest BCUT2D eigenvalue weighted by Crippen LogP contribution is 2.50. The molecule has 9 nitrogen and oxygen atoms in total. The van der Waals surface area contributed by atoms with Crippen LogP contribution >= 0.6 is 0 Å². The van der Waals surface area contributed by atoms with Crippen LogP contribution in [0.4, 0.5) is 5.69 Å². The van der Waals surface area contributed by atoms with Gasteiger partial charge in [0.2, 0.25) is 0 Å². The van der Waals surface area contributed by atoms with Crippen LogP contribution in [0.15, 0.2) is 107 Å².